The van der Waals surface area contributed by atoms with Crippen LogP contribution in [-0.2, 0) is 0 Å². The number of hydrogen-bond donors (Lipinski definition) is 2. The molecule has 0 atom stereocenters. The number of benzene rings is 3. The first kappa shape index (κ1) is 20.4. The average Bonchev–Trinajstić information content (AvgIpc) is 3.25. The van der Waals surface area contributed by atoms with Crippen LogP contribution in [0.2, 0.25) is 10.0 Å². The van der Waals surface area contributed by atoms with E-state index in [9.17, 15) is 15.1 Å². The van der Waals surface area contributed by atoms with Gasteiger partial charge in [-0.25, -0.2) is 9.78 Å². The molecule has 30 heavy (non-hydrogen) atoms. The first-order chi connectivity index (χ1) is 14.5. The maximum Gasteiger partial charge on any atom is 0.336 e. The summed E-state index contributed by atoms with van der Waals surface area (Å²) in [5, 5.41) is 24.6. The molecular weight excluding hydrogens is 443 g/mol. The van der Waals surface area contributed by atoms with E-state index in [1.165, 1.54) is 11.3 Å². The van der Waals surface area contributed by atoms with E-state index in [2.05, 4.69) is 4.98 Å². The monoisotopic (exact) mass is 455 g/mol. The maximum absolute atomic E-state index is 11.9. The van der Waals surface area contributed by atoms with E-state index >= 15 is 0 Å². The first-order valence-electron chi connectivity index (χ1n) is 8.74. The zero-order valence-electron chi connectivity index (χ0n) is 15.2. The lowest BCUT2D eigenvalue weighted by Crippen LogP contribution is -2.01. The number of thiazole rings is 1. The van der Waals surface area contributed by atoms with Crippen molar-refractivity contribution in [3.63, 3.8) is 0 Å². The Morgan fingerprint density at radius 1 is 1.00 bits per heavy atom. The molecule has 3 aromatic carbocycles. The van der Waals surface area contributed by atoms with Gasteiger partial charge in [-0.1, -0.05) is 53.5 Å². The zero-order chi connectivity index (χ0) is 21.3. The minimum atomic E-state index is -1.10. The number of carboxylic acids is 1. The third kappa shape index (κ3) is 3.91. The summed E-state index contributed by atoms with van der Waals surface area (Å²) in [5.41, 5.74) is 5.22. The molecule has 150 valence electrons. The van der Waals surface area contributed by atoms with Crippen LogP contribution in [0.5, 0.6) is 0 Å². The van der Waals surface area contributed by atoms with Crippen LogP contribution in [-0.4, -0.2) is 16.1 Å². The molecule has 8 heteroatoms. The van der Waals surface area contributed by atoms with Crippen LogP contribution in [0.25, 0.3) is 33.0 Å². The Morgan fingerprint density at radius 2 is 1.80 bits per heavy atom. The normalized spacial score (nSPS) is 10.8. The quantitative estimate of drug-likeness (QED) is 0.314. The number of nitrogens with one attached hydrogen (secondary N) is 1. The molecule has 1 heterocycles. The fraction of sp³-hybridized carbons (Fsp3) is 0. The summed E-state index contributed by atoms with van der Waals surface area (Å²) >= 11 is 13.7. The summed E-state index contributed by atoms with van der Waals surface area (Å²) in [5.74, 6) is -1.10. The minimum Gasteiger partial charge on any atom is -0.761 e. The molecule has 4 rings (SSSR count). The van der Waals surface area contributed by atoms with Gasteiger partial charge in [0.05, 0.1) is 16.3 Å². The van der Waals surface area contributed by atoms with Crippen molar-refractivity contribution in [2.75, 3.05) is 5.48 Å². The number of hydrogen-bond acceptors (Lipinski definition) is 5. The predicted molar refractivity (Wildman–Crippen MR) is 122 cm³/mol. The summed E-state index contributed by atoms with van der Waals surface area (Å²) in [7, 11) is 0. The van der Waals surface area contributed by atoms with Crippen molar-refractivity contribution in [2.45, 2.75) is 0 Å². The number of aromatic carboxylic acids is 1. The van der Waals surface area contributed by atoms with Gasteiger partial charge in [-0.15, -0.1) is 11.3 Å². The number of nitrogens with zero attached hydrogens (tertiary/aromatic N) is 1. The largest absolute Gasteiger partial charge is 0.761 e. The molecule has 5 nitrogen and oxygen atoms in total. The van der Waals surface area contributed by atoms with Crippen LogP contribution in [0.1, 0.15) is 10.4 Å². The first-order valence-corrected chi connectivity index (χ1v) is 10.4. The van der Waals surface area contributed by atoms with Gasteiger partial charge < -0.3 is 15.8 Å². The second-order valence-corrected chi connectivity index (χ2v) is 8.08. The number of halogens is 2. The number of para-hydroxylation sites is 1. The van der Waals surface area contributed by atoms with Gasteiger partial charge in [-0.3, -0.25) is 0 Å². The highest BCUT2D eigenvalue weighted by atomic mass is 35.5. The maximum atomic E-state index is 11.9. The van der Waals surface area contributed by atoms with Gasteiger partial charge in [0, 0.05) is 32.8 Å². The molecule has 1 aromatic heterocycles. The summed E-state index contributed by atoms with van der Waals surface area (Å²) < 4.78 is 0. The second kappa shape index (κ2) is 8.45. The van der Waals surface area contributed by atoms with Crippen LogP contribution in [0.3, 0.4) is 0 Å². The molecule has 0 bridgehead atoms. The number of carbonyl (C=O) groups is 1. The van der Waals surface area contributed by atoms with E-state index in [0.29, 0.717) is 48.7 Å². The Labute approximate surface area is 186 Å². The molecule has 4 aromatic rings. The molecular formula is C22H13Cl2N2O3S-. The lowest BCUT2D eigenvalue weighted by molar-refractivity contribution is 0.0698. The predicted octanol–water partition coefficient (Wildman–Crippen LogP) is 7.06. The van der Waals surface area contributed by atoms with Crippen LogP contribution < -0.4 is 5.48 Å². The summed E-state index contributed by atoms with van der Waals surface area (Å²) in [6.07, 6.45) is 0. The Kier molecular flexibility index (Phi) is 5.74. The molecule has 0 aliphatic rings. The fourth-order valence-corrected chi connectivity index (χ4v) is 4.32. The highest BCUT2D eigenvalue weighted by Gasteiger charge is 2.17. The van der Waals surface area contributed by atoms with Gasteiger partial charge in [-0.05, 0) is 35.9 Å². The van der Waals surface area contributed by atoms with Crippen molar-refractivity contribution in [1.82, 2.24) is 4.98 Å². The Bertz CT molecular complexity index is 1260. The third-order valence-corrected chi connectivity index (χ3v) is 5.99. The average molecular weight is 456 g/mol. The van der Waals surface area contributed by atoms with Gasteiger partial charge in [0.25, 0.3) is 0 Å². The number of aromatic nitrogens is 1. The summed E-state index contributed by atoms with van der Waals surface area (Å²) in [6.45, 7) is 0. The SMILES string of the molecule is O=C(O)c1cc(-c2nc(-c3cc(Cl)ccc3Cl)cs2)ccc1-c1ccccc1N[O-]. The molecule has 0 aliphatic heterocycles. The molecule has 0 saturated carbocycles. The van der Waals surface area contributed by atoms with E-state index in [1.807, 2.05) is 10.9 Å². The van der Waals surface area contributed by atoms with E-state index in [-0.39, 0.29) is 5.56 Å². The molecule has 0 spiro atoms. The van der Waals surface area contributed by atoms with E-state index in [0.717, 1.165) is 0 Å². The van der Waals surface area contributed by atoms with Gasteiger partial charge in [0.2, 0.25) is 0 Å². The van der Waals surface area contributed by atoms with Crippen LogP contribution >= 0.6 is 34.5 Å². The topological polar surface area (TPSA) is 85.3 Å². The van der Waals surface area contributed by atoms with Crippen LogP contribution in [0.15, 0.2) is 66.0 Å². The van der Waals surface area contributed by atoms with Crippen molar-refractivity contribution in [3.8, 4) is 33.0 Å². The molecule has 2 N–H and O–H groups in total. The highest BCUT2D eigenvalue weighted by Crippen LogP contribution is 2.37. The molecule has 0 amide bonds. The lowest BCUT2D eigenvalue weighted by Gasteiger charge is -2.16. The molecule has 0 radical (unpaired) electrons. The highest BCUT2D eigenvalue weighted by molar-refractivity contribution is 7.13. The van der Waals surface area contributed by atoms with Crippen molar-refractivity contribution in [2.24, 2.45) is 0 Å². The smallest absolute Gasteiger partial charge is 0.336 e. The molecule has 0 unspecified atom stereocenters. The third-order valence-electron chi connectivity index (χ3n) is 4.53. The van der Waals surface area contributed by atoms with Gasteiger partial charge in [0.15, 0.2) is 0 Å². The fourth-order valence-electron chi connectivity index (χ4n) is 3.12. The van der Waals surface area contributed by atoms with Crippen molar-refractivity contribution < 1.29 is 9.90 Å². The molecule has 0 fully saturated rings. The minimum absolute atomic E-state index is 0.0766. The van der Waals surface area contributed by atoms with E-state index < -0.39 is 5.97 Å². The van der Waals surface area contributed by atoms with Crippen molar-refractivity contribution >= 4 is 46.2 Å². The Morgan fingerprint density at radius 3 is 2.57 bits per heavy atom. The van der Waals surface area contributed by atoms with E-state index in [1.54, 1.807) is 60.7 Å². The molecule has 0 saturated heterocycles. The summed E-state index contributed by atoms with van der Waals surface area (Å²) in [6, 6.07) is 16.9. The van der Waals surface area contributed by atoms with E-state index in [4.69, 9.17) is 23.2 Å². The Hall–Kier alpha value is -2.90. The van der Waals surface area contributed by atoms with Gasteiger partial charge in [0.1, 0.15) is 5.01 Å². The molecule has 0 aliphatic carbocycles. The number of carboxylic acid groups (broad SMARTS) is 1. The second-order valence-electron chi connectivity index (χ2n) is 6.38. The van der Waals surface area contributed by atoms with Crippen molar-refractivity contribution in [3.05, 3.63) is 86.9 Å². The number of anilines is 1. The number of rotatable bonds is 5. The lowest BCUT2D eigenvalue weighted by atomic mass is 9.96. The van der Waals surface area contributed by atoms with Crippen LogP contribution in [0, 0.1) is 5.21 Å². The van der Waals surface area contributed by atoms with Crippen molar-refractivity contribution in [1.29, 1.82) is 0 Å². The zero-order valence-corrected chi connectivity index (χ0v) is 17.6. The van der Waals surface area contributed by atoms with Gasteiger partial charge >= 0.3 is 5.97 Å². The van der Waals surface area contributed by atoms with Gasteiger partial charge in [-0.2, -0.15) is 0 Å². The summed E-state index contributed by atoms with van der Waals surface area (Å²) in [4.78, 5) is 16.5. The standard InChI is InChI=1S/C22H13Cl2N2O3S/c23-13-6-8-18(24)17(10-13)20-11-30-21(25-20)12-5-7-14(16(9-12)22(27)28)15-3-1-2-4-19(15)26-29/h1-11,26H,(H,27,28)/q-1. The van der Waals surface area contributed by atoms with Crippen LogP contribution in [0.4, 0.5) is 5.69 Å². The Balaban J connectivity index is 1.78.